The summed E-state index contributed by atoms with van der Waals surface area (Å²) in [5.41, 5.74) is 2.30. The van der Waals surface area contributed by atoms with E-state index in [0.717, 1.165) is 24.2 Å². The molecule has 1 heterocycles. The maximum absolute atomic E-state index is 5.75. The highest BCUT2D eigenvalue weighted by molar-refractivity contribution is 5.77. The Balaban J connectivity index is 2.59. The van der Waals surface area contributed by atoms with Crippen LogP contribution in [0.4, 0.5) is 0 Å². The maximum atomic E-state index is 5.75. The highest BCUT2D eigenvalue weighted by Gasteiger charge is 2.12. The predicted molar refractivity (Wildman–Crippen MR) is 59.4 cm³/mol. The molecule has 0 saturated carbocycles. The number of hydrogen-bond acceptors (Lipinski definition) is 0. The third kappa shape index (κ3) is 1.63. The first-order valence-corrected chi connectivity index (χ1v) is 5.12. The summed E-state index contributed by atoms with van der Waals surface area (Å²) in [5, 5.41) is 1.20. The van der Waals surface area contributed by atoms with Crippen LogP contribution in [0.2, 0.25) is 0 Å². The standard InChI is InChI=1S/C13H15O/c1-3-6-11-9-12-7-4-5-8-13(12)14-10(11)2/h4-5,7-9H,3,6H2,1-2H3/q+1. The lowest BCUT2D eigenvalue weighted by molar-refractivity contribution is 0.554. The molecule has 1 aromatic carbocycles. The van der Waals surface area contributed by atoms with Gasteiger partial charge in [0.05, 0.1) is 17.9 Å². The highest BCUT2D eigenvalue weighted by Crippen LogP contribution is 2.20. The molecule has 0 aliphatic carbocycles. The monoisotopic (exact) mass is 187 g/mol. The van der Waals surface area contributed by atoms with Gasteiger partial charge in [0.1, 0.15) is 0 Å². The van der Waals surface area contributed by atoms with E-state index in [-0.39, 0.29) is 0 Å². The Morgan fingerprint density at radius 1 is 1.21 bits per heavy atom. The molecule has 0 saturated heterocycles. The van der Waals surface area contributed by atoms with Gasteiger partial charge in [-0.3, -0.25) is 0 Å². The Kier molecular flexibility index (Phi) is 2.49. The minimum absolute atomic E-state index is 0.977. The third-order valence-corrected chi connectivity index (χ3v) is 2.48. The van der Waals surface area contributed by atoms with E-state index in [1.807, 2.05) is 25.1 Å². The van der Waals surface area contributed by atoms with Crippen LogP contribution < -0.4 is 0 Å². The Morgan fingerprint density at radius 3 is 2.79 bits per heavy atom. The predicted octanol–water partition coefficient (Wildman–Crippen LogP) is 3.97. The number of rotatable bonds is 2. The number of fused-ring (bicyclic) bond motifs is 1. The molecule has 1 nitrogen and oxygen atoms in total. The molecule has 0 atom stereocenters. The molecule has 72 valence electrons. The summed E-state index contributed by atoms with van der Waals surface area (Å²) in [5.74, 6) is 1.05. The minimum Gasteiger partial charge on any atom is -0.212 e. The summed E-state index contributed by atoms with van der Waals surface area (Å²) in [4.78, 5) is 0. The molecule has 0 spiro atoms. The fourth-order valence-electron chi connectivity index (χ4n) is 1.73. The van der Waals surface area contributed by atoms with E-state index in [0.29, 0.717) is 0 Å². The normalized spacial score (nSPS) is 10.7. The number of para-hydroxylation sites is 1. The first-order valence-electron chi connectivity index (χ1n) is 5.12. The molecule has 0 radical (unpaired) electrons. The van der Waals surface area contributed by atoms with E-state index in [2.05, 4.69) is 19.1 Å². The lowest BCUT2D eigenvalue weighted by Gasteiger charge is -1.96. The molecule has 0 aliphatic rings. The van der Waals surface area contributed by atoms with Gasteiger partial charge < -0.3 is 0 Å². The van der Waals surface area contributed by atoms with Crippen molar-refractivity contribution in [2.45, 2.75) is 26.7 Å². The van der Waals surface area contributed by atoms with Crippen molar-refractivity contribution in [2.24, 2.45) is 0 Å². The average Bonchev–Trinajstić information content (AvgIpc) is 2.19. The van der Waals surface area contributed by atoms with Crippen molar-refractivity contribution in [3.05, 3.63) is 41.7 Å². The van der Waals surface area contributed by atoms with E-state index < -0.39 is 0 Å². The largest absolute Gasteiger partial charge is 0.360 e. The van der Waals surface area contributed by atoms with Crippen molar-refractivity contribution in [2.75, 3.05) is 0 Å². The zero-order valence-corrected chi connectivity index (χ0v) is 8.71. The van der Waals surface area contributed by atoms with Crippen molar-refractivity contribution in [3.8, 4) is 0 Å². The summed E-state index contributed by atoms with van der Waals surface area (Å²) >= 11 is 0. The summed E-state index contributed by atoms with van der Waals surface area (Å²) in [6, 6.07) is 10.4. The van der Waals surface area contributed by atoms with Crippen LogP contribution in [-0.2, 0) is 6.42 Å². The summed E-state index contributed by atoms with van der Waals surface area (Å²) in [7, 11) is 0. The van der Waals surface area contributed by atoms with Gasteiger partial charge in [0.25, 0.3) is 0 Å². The molecule has 2 rings (SSSR count). The van der Waals surface area contributed by atoms with Crippen LogP contribution >= 0.6 is 0 Å². The van der Waals surface area contributed by atoms with Gasteiger partial charge in [-0.2, -0.15) is 0 Å². The fourth-order valence-corrected chi connectivity index (χ4v) is 1.73. The van der Waals surface area contributed by atoms with E-state index >= 15 is 0 Å². The zero-order valence-electron chi connectivity index (χ0n) is 8.71. The number of aryl methyl sites for hydroxylation is 2. The Morgan fingerprint density at radius 2 is 2.00 bits per heavy atom. The van der Waals surface area contributed by atoms with E-state index in [9.17, 15) is 0 Å². The van der Waals surface area contributed by atoms with E-state index in [1.165, 1.54) is 10.9 Å². The van der Waals surface area contributed by atoms with Gasteiger partial charge in [-0.25, -0.2) is 4.42 Å². The van der Waals surface area contributed by atoms with Crippen LogP contribution in [0.25, 0.3) is 11.0 Å². The van der Waals surface area contributed by atoms with Gasteiger partial charge >= 0.3 is 11.3 Å². The Bertz CT molecular complexity index is 446. The van der Waals surface area contributed by atoms with Crippen LogP contribution in [0, 0.1) is 6.92 Å². The lowest BCUT2D eigenvalue weighted by atomic mass is 10.1. The molecule has 14 heavy (non-hydrogen) atoms. The molecule has 0 aliphatic heterocycles. The Hall–Kier alpha value is -1.37. The maximum Gasteiger partial charge on any atom is 0.360 e. The molecule has 1 heteroatoms. The van der Waals surface area contributed by atoms with Crippen LogP contribution in [0.1, 0.15) is 24.7 Å². The molecule has 1 aromatic heterocycles. The third-order valence-electron chi connectivity index (χ3n) is 2.48. The second kappa shape index (κ2) is 3.79. The Labute approximate surface area is 84.4 Å². The van der Waals surface area contributed by atoms with Gasteiger partial charge in [-0.15, -0.1) is 0 Å². The van der Waals surface area contributed by atoms with E-state index in [1.54, 1.807) is 0 Å². The van der Waals surface area contributed by atoms with Crippen LogP contribution in [-0.4, -0.2) is 0 Å². The summed E-state index contributed by atoms with van der Waals surface area (Å²) < 4.78 is 5.75. The molecule has 0 unspecified atom stereocenters. The SMILES string of the molecule is CCCc1cc2ccccc2[o+]c1C. The van der Waals surface area contributed by atoms with Gasteiger partial charge in [-0.1, -0.05) is 25.5 Å². The number of benzene rings is 1. The van der Waals surface area contributed by atoms with Gasteiger partial charge in [0, 0.05) is 6.07 Å². The average molecular weight is 187 g/mol. The summed E-state index contributed by atoms with van der Waals surface area (Å²) in [6.45, 7) is 4.23. The molecule has 0 fully saturated rings. The fraction of sp³-hybridized carbons (Fsp3) is 0.308. The lowest BCUT2D eigenvalue weighted by Crippen LogP contribution is -1.88. The van der Waals surface area contributed by atoms with Crippen LogP contribution in [0.15, 0.2) is 34.7 Å². The molecule has 0 bridgehead atoms. The van der Waals surface area contributed by atoms with Crippen molar-refractivity contribution in [3.63, 3.8) is 0 Å². The van der Waals surface area contributed by atoms with Crippen molar-refractivity contribution in [1.82, 2.24) is 0 Å². The van der Waals surface area contributed by atoms with Gasteiger partial charge in [0.2, 0.25) is 0 Å². The van der Waals surface area contributed by atoms with Crippen molar-refractivity contribution in [1.29, 1.82) is 0 Å². The molecule has 0 amide bonds. The smallest absolute Gasteiger partial charge is 0.212 e. The second-order valence-corrected chi connectivity index (χ2v) is 3.62. The van der Waals surface area contributed by atoms with Gasteiger partial charge in [0.15, 0.2) is 0 Å². The van der Waals surface area contributed by atoms with Crippen LogP contribution in [0.5, 0.6) is 0 Å². The van der Waals surface area contributed by atoms with Crippen molar-refractivity contribution < 1.29 is 4.42 Å². The van der Waals surface area contributed by atoms with Crippen LogP contribution in [0.3, 0.4) is 0 Å². The molecule has 2 aromatic rings. The molecular weight excluding hydrogens is 172 g/mol. The molecular formula is C13H15O+. The van der Waals surface area contributed by atoms with E-state index in [4.69, 9.17) is 4.42 Å². The zero-order chi connectivity index (χ0) is 9.97. The first kappa shape index (κ1) is 9.20. The first-order chi connectivity index (χ1) is 6.81. The van der Waals surface area contributed by atoms with Gasteiger partial charge in [-0.05, 0) is 18.6 Å². The molecule has 0 N–H and O–H groups in total. The van der Waals surface area contributed by atoms with Crippen molar-refractivity contribution >= 4 is 11.0 Å². The quantitative estimate of drug-likeness (QED) is 0.647. The number of hydrogen-bond donors (Lipinski definition) is 0. The summed E-state index contributed by atoms with van der Waals surface area (Å²) in [6.07, 6.45) is 2.26. The second-order valence-electron chi connectivity index (χ2n) is 3.62. The minimum atomic E-state index is 0.977. The highest BCUT2D eigenvalue weighted by atomic mass is 16.3. The topological polar surface area (TPSA) is 11.3 Å².